The van der Waals surface area contributed by atoms with E-state index in [-0.39, 0.29) is 6.04 Å². The molecule has 0 aliphatic rings. The SMILES string of the molecule is NNC(Cc1ccccc1Br)c1ccc(Cl)cc1. The number of hydrazine groups is 1. The number of benzene rings is 2. The predicted octanol–water partition coefficient (Wildman–Crippen LogP) is 3.85. The molecule has 3 N–H and O–H groups in total. The van der Waals surface area contributed by atoms with Crippen molar-refractivity contribution in [1.82, 2.24) is 5.43 Å². The molecule has 0 spiro atoms. The molecule has 94 valence electrons. The van der Waals surface area contributed by atoms with Crippen LogP contribution in [-0.4, -0.2) is 0 Å². The maximum Gasteiger partial charge on any atom is 0.0500 e. The standard InChI is InChI=1S/C14H14BrClN2/c15-13-4-2-1-3-11(13)9-14(18-17)10-5-7-12(16)8-6-10/h1-8,14,18H,9,17H2. The Morgan fingerprint density at radius 2 is 1.78 bits per heavy atom. The second-order valence-electron chi connectivity index (χ2n) is 4.07. The molecule has 0 bridgehead atoms. The van der Waals surface area contributed by atoms with Gasteiger partial charge >= 0.3 is 0 Å². The molecule has 0 heterocycles. The van der Waals surface area contributed by atoms with E-state index in [9.17, 15) is 0 Å². The van der Waals surface area contributed by atoms with Gasteiger partial charge in [0, 0.05) is 9.50 Å². The summed E-state index contributed by atoms with van der Waals surface area (Å²) in [5.74, 6) is 5.64. The molecular weight excluding hydrogens is 312 g/mol. The van der Waals surface area contributed by atoms with Crippen LogP contribution in [0.2, 0.25) is 5.02 Å². The summed E-state index contributed by atoms with van der Waals surface area (Å²) in [6.07, 6.45) is 0.819. The van der Waals surface area contributed by atoms with E-state index in [2.05, 4.69) is 27.4 Å². The average molecular weight is 326 g/mol. The first kappa shape index (κ1) is 13.6. The lowest BCUT2D eigenvalue weighted by atomic mass is 9.99. The lowest BCUT2D eigenvalue weighted by Crippen LogP contribution is -2.29. The number of hydrogen-bond donors (Lipinski definition) is 2. The van der Waals surface area contributed by atoms with Gasteiger partial charge in [-0.1, -0.05) is 57.9 Å². The van der Waals surface area contributed by atoms with E-state index in [0.717, 1.165) is 21.5 Å². The third-order valence-corrected chi connectivity index (χ3v) is 3.88. The van der Waals surface area contributed by atoms with Gasteiger partial charge in [-0.15, -0.1) is 0 Å². The Morgan fingerprint density at radius 3 is 2.39 bits per heavy atom. The first-order valence-electron chi connectivity index (χ1n) is 5.65. The lowest BCUT2D eigenvalue weighted by molar-refractivity contribution is 0.551. The van der Waals surface area contributed by atoms with Gasteiger partial charge < -0.3 is 0 Å². The minimum atomic E-state index is 0.0703. The van der Waals surface area contributed by atoms with E-state index in [1.54, 1.807) is 0 Å². The maximum atomic E-state index is 5.89. The molecule has 0 aliphatic heterocycles. The van der Waals surface area contributed by atoms with E-state index >= 15 is 0 Å². The molecule has 18 heavy (non-hydrogen) atoms. The monoisotopic (exact) mass is 324 g/mol. The second kappa shape index (κ2) is 6.34. The third kappa shape index (κ3) is 3.33. The third-order valence-electron chi connectivity index (χ3n) is 2.86. The number of hydrogen-bond acceptors (Lipinski definition) is 2. The summed E-state index contributed by atoms with van der Waals surface area (Å²) < 4.78 is 1.10. The molecule has 0 fully saturated rings. The van der Waals surface area contributed by atoms with Gasteiger partial charge in [0.25, 0.3) is 0 Å². The highest BCUT2D eigenvalue weighted by atomic mass is 79.9. The van der Waals surface area contributed by atoms with Crippen LogP contribution in [-0.2, 0) is 6.42 Å². The van der Waals surface area contributed by atoms with Crippen LogP contribution >= 0.6 is 27.5 Å². The highest BCUT2D eigenvalue weighted by Gasteiger charge is 2.11. The van der Waals surface area contributed by atoms with E-state index < -0.39 is 0 Å². The number of halogens is 2. The van der Waals surface area contributed by atoms with Crippen molar-refractivity contribution in [1.29, 1.82) is 0 Å². The van der Waals surface area contributed by atoms with Gasteiger partial charge in [-0.05, 0) is 35.7 Å². The van der Waals surface area contributed by atoms with Crippen LogP contribution in [0.25, 0.3) is 0 Å². The molecular formula is C14H14BrClN2. The highest BCUT2D eigenvalue weighted by molar-refractivity contribution is 9.10. The number of nitrogens with one attached hydrogen (secondary N) is 1. The van der Waals surface area contributed by atoms with Gasteiger partial charge in [0.05, 0.1) is 6.04 Å². The zero-order chi connectivity index (χ0) is 13.0. The Kier molecular flexibility index (Phi) is 4.78. The summed E-state index contributed by atoms with van der Waals surface area (Å²) in [6, 6.07) is 15.9. The predicted molar refractivity (Wildman–Crippen MR) is 79.4 cm³/mol. The molecule has 0 saturated carbocycles. The van der Waals surface area contributed by atoms with Crippen molar-refractivity contribution in [3.05, 3.63) is 69.2 Å². The Labute approximate surface area is 120 Å². The van der Waals surface area contributed by atoms with Crippen molar-refractivity contribution >= 4 is 27.5 Å². The number of nitrogens with two attached hydrogens (primary N) is 1. The van der Waals surface area contributed by atoms with Crippen LogP contribution in [0.4, 0.5) is 0 Å². The Hall–Kier alpha value is -0.870. The van der Waals surface area contributed by atoms with Crippen LogP contribution < -0.4 is 11.3 Å². The van der Waals surface area contributed by atoms with Gasteiger partial charge in [0.15, 0.2) is 0 Å². The van der Waals surface area contributed by atoms with Gasteiger partial charge in [0.1, 0.15) is 0 Å². The summed E-state index contributed by atoms with van der Waals surface area (Å²) in [4.78, 5) is 0. The van der Waals surface area contributed by atoms with Crippen molar-refractivity contribution in [2.75, 3.05) is 0 Å². The van der Waals surface area contributed by atoms with Crippen LogP contribution in [0.3, 0.4) is 0 Å². The second-order valence-corrected chi connectivity index (χ2v) is 5.36. The molecule has 0 aliphatic carbocycles. The van der Waals surface area contributed by atoms with E-state index in [1.807, 2.05) is 42.5 Å². The molecule has 2 rings (SSSR count). The first-order chi connectivity index (χ1) is 8.70. The largest absolute Gasteiger partial charge is 0.271 e. The lowest BCUT2D eigenvalue weighted by Gasteiger charge is -2.17. The van der Waals surface area contributed by atoms with Gasteiger partial charge in [-0.3, -0.25) is 11.3 Å². The van der Waals surface area contributed by atoms with E-state index in [4.69, 9.17) is 17.4 Å². The van der Waals surface area contributed by atoms with Gasteiger partial charge in [0.2, 0.25) is 0 Å². The summed E-state index contributed by atoms with van der Waals surface area (Å²) in [6.45, 7) is 0. The average Bonchev–Trinajstić information content (AvgIpc) is 2.39. The molecule has 2 aromatic rings. The fourth-order valence-corrected chi connectivity index (χ4v) is 2.42. The fraction of sp³-hybridized carbons (Fsp3) is 0.143. The summed E-state index contributed by atoms with van der Waals surface area (Å²) in [5.41, 5.74) is 5.19. The molecule has 0 amide bonds. The molecule has 2 aromatic carbocycles. The Bertz CT molecular complexity index is 513. The van der Waals surface area contributed by atoms with Crippen molar-refractivity contribution in [2.24, 2.45) is 5.84 Å². The quantitative estimate of drug-likeness (QED) is 0.662. The van der Waals surface area contributed by atoms with E-state index in [0.29, 0.717) is 0 Å². The van der Waals surface area contributed by atoms with Crippen LogP contribution in [0.1, 0.15) is 17.2 Å². The highest BCUT2D eigenvalue weighted by Crippen LogP contribution is 2.24. The maximum absolute atomic E-state index is 5.89. The summed E-state index contributed by atoms with van der Waals surface area (Å²) in [7, 11) is 0. The zero-order valence-corrected chi connectivity index (χ0v) is 12.1. The molecule has 2 nitrogen and oxygen atoms in total. The van der Waals surface area contributed by atoms with Crippen molar-refractivity contribution < 1.29 is 0 Å². The smallest absolute Gasteiger partial charge is 0.0500 e. The molecule has 1 atom stereocenters. The topological polar surface area (TPSA) is 38.0 Å². The first-order valence-corrected chi connectivity index (χ1v) is 6.83. The van der Waals surface area contributed by atoms with Crippen LogP contribution in [0.5, 0.6) is 0 Å². The molecule has 0 aromatic heterocycles. The number of rotatable bonds is 4. The molecule has 1 unspecified atom stereocenters. The Balaban J connectivity index is 2.20. The van der Waals surface area contributed by atoms with Crippen molar-refractivity contribution in [2.45, 2.75) is 12.5 Å². The minimum absolute atomic E-state index is 0.0703. The van der Waals surface area contributed by atoms with Gasteiger partial charge in [-0.25, -0.2) is 0 Å². The van der Waals surface area contributed by atoms with Crippen LogP contribution in [0.15, 0.2) is 53.0 Å². The summed E-state index contributed by atoms with van der Waals surface area (Å²) >= 11 is 9.43. The molecule has 0 radical (unpaired) electrons. The fourth-order valence-electron chi connectivity index (χ4n) is 1.85. The molecule has 4 heteroatoms. The van der Waals surface area contributed by atoms with Crippen molar-refractivity contribution in [3.63, 3.8) is 0 Å². The van der Waals surface area contributed by atoms with Crippen LogP contribution in [0, 0.1) is 0 Å². The summed E-state index contributed by atoms with van der Waals surface area (Å²) in [5, 5.41) is 0.732. The molecule has 0 saturated heterocycles. The Morgan fingerprint density at radius 1 is 1.11 bits per heavy atom. The van der Waals surface area contributed by atoms with Crippen molar-refractivity contribution in [3.8, 4) is 0 Å². The zero-order valence-electron chi connectivity index (χ0n) is 9.74. The van der Waals surface area contributed by atoms with Gasteiger partial charge in [-0.2, -0.15) is 0 Å². The van der Waals surface area contributed by atoms with E-state index in [1.165, 1.54) is 5.56 Å². The normalized spacial score (nSPS) is 12.4. The minimum Gasteiger partial charge on any atom is -0.271 e.